The van der Waals surface area contributed by atoms with Crippen molar-refractivity contribution in [2.45, 2.75) is 25.5 Å². The highest BCUT2D eigenvalue weighted by Crippen LogP contribution is 2.15. The minimum absolute atomic E-state index is 0.391. The van der Waals surface area contributed by atoms with Crippen molar-refractivity contribution in [3.63, 3.8) is 0 Å². The molecule has 0 fully saturated rings. The van der Waals surface area contributed by atoms with Crippen LogP contribution in [0.3, 0.4) is 0 Å². The highest BCUT2D eigenvalue weighted by atomic mass is 32.2. The van der Waals surface area contributed by atoms with Crippen LogP contribution in [0.4, 0.5) is 0 Å². The van der Waals surface area contributed by atoms with Crippen LogP contribution in [0.25, 0.3) is 0 Å². The monoisotopic (exact) mass is 253 g/mol. The molecule has 0 bridgehead atoms. The largest absolute Gasteiger partial charge is 0.387 e. The first-order valence-electron chi connectivity index (χ1n) is 6.07. The van der Waals surface area contributed by atoms with Gasteiger partial charge in [0.05, 0.1) is 6.10 Å². The second kappa shape index (κ2) is 7.75. The fraction of sp³-hybridized carbons (Fsp3) is 0.571. The average molecular weight is 253 g/mol. The molecule has 0 aromatic heterocycles. The Labute approximate surface area is 109 Å². The molecule has 2 unspecified atom stereocenters. The van der Waals surface area contributed by atoms with E-state index >= 15 is 0 Å². The summed E-state index contributed by atoms with van der Waals surface area (Å²) >= 11 is 1.87. The third-order valence-corrected chi connectivity index (χ3v) is 3.78. The lowest BCUT2D eigenvalue weighted by Gasteiger charge is -2.27. The smallest absolute Gasteiger partial charge is 0.0916 e. The maximum atomic E-state index is 10.1. The molecule has 1 rings (SSSR count). The van der Waals surface area contributed by atoms with Crippen LogP contribution in [0.1, 0.15) is 25.0 Å². The maximum Gasteiger partial charge on any atom is 0.0916 e. The molecule has 0 aliphatic rings. The fourth-order valence-electron chi connectivity index (χ4n) is 1.74. The summed E-state index contributed by atoms with van der Waals surface area (Å²) < 4.78 is 0. The maximum absolute atomic E-state index is 10.1. The van der Waals surface area contributed by atoms with Crippen LogP contribution in [-0.4, -0.2) is 41.6 Å². The van der Waals surface area contributed by atoms with Gasteiger partial charge in [-0.2, -0.15) is 11.8 Å². The lowest BCUT2D eigenvalue weighted by atomic mass is 10.1. The Morgan fingerprint density at radius 1 is 1.29 bits per heavy atom. The molecule has 3 heteroatoms. The molecule has 0 saturated heterocycles. The van der Waals surface area contributed by atoms with E-state index in [1.54, 1.807) is 0 Å². The predicted octanol–water partition coefficient (Wildman–Crippen LogP) is 2.79. The lowest BCUT2D eigenvalue weighted by Crippen LogP contribution is -2.33. The summed E-state index contributed by atoms with van der Waals surface area (Å²) in [6.07, 6.45) is 2.91. The Balaban J connectivity index is 2.42. The number of rotatable bonds is 7. The SMILES string of the molecule is CSCCC(C)N(C)CC(O)c1ccccc1. The first-order valence-corrected chi connectivity index (χ1v) is 7.46. The van der Waals surface area contributed by atoms with Crippen LogP contribution in [-0.2, 0) is 0 Å². The molecule has 0 aliphatic carbocycles. The minimum Gasteiger partial charge on any atom is -0.387 e. The van der Waals surface area contributed by atoms with Gasteiger partial charge in [0.2, 0.25) is 0 Å². The second-order valence-electron chi connectivity index (χ2n) is 4.50. The van der Waals surface area contributed by atoms with Crippen molar-refractivity contribution in [3.05, 3.63) is 35.9 Å². The van der Waals surface area contributed by atoms with E-state index < -0.39 is 6.10 Å². The number of thioether (sulfide) groups is 1. The predicted molar refractivity (Wildman–Crippen MR) is 76.5 cm³/mol. The number of hydrogen-bond donors (Lipinski definition) is 1. The number of aliphatic hydroxyl groups excluding tert-OH is 1. The summed E-state index contributed by atoms with van der Waals surface area (Å²) in [6.45, 7) is 2.91. The van der Waals surface area contributed by atoms with E-state index in [0.29, 0.717) is 12.6 Å². The quantitative estimate of drug-likeness (QED) is 0.808. The van der Waals surface area contributed by atoms with Crippen molar-refractivity contribution in [3.8, 4) is 0 Å². The highest BCUT2D eigenvalue weighted by Gasteiger charge is 2.14. The second-order valence-corrected chi connectivity index (χ2v) is 5.48. The fourth-order valence-corrected chi connectivity index (χ4v) is 2.32. The van der Waals surface area contributed by atoms with Crippen molar-refractivity contribution >= 4 is 11.8 Å². The molecule has 1 aromatic rings. The molecule has 0 heterocycles. The number of nitrogens with zero attached hydrogens (tertiary/aromatic N) is 1. The van der Waals surface area contributed by atoms with Gasteiger partial charge in [0.25, 0.3) is 0 Å². The van der Waals surface area contributed by atoms with Crippen LogP contribution >= 0.6 is 11.8 Å². The summed E-state index contributed by atoms with van der Waals surface area (Å²) in [7, 11) is 2.08. The van der Waals surface area contributed by atoms with Gasteiger partial charge < -0.3 is 10.0 Å². The van der Waals surface area contributed by atoms with E-state index in [1.165, 1.54) is 12.2 Å². The molecule has 2 atom stereocenters. The van der Waals surface area contributed by atoms with Crippen LogP contribution in [0.2, 0.25) is 0 Å². The van der Waals surface area contributed by atoms with Crippen molar-refractivity contribution in [1.29, 1.82) is 0 Å². The molecular formula is C14H23NOS. The first kappa shape index (κ1) is 14.6. The van der Waals surface area contributed by atoms with Crippen molar-refractivity contribution in [2.75, 3.05) is 25.6 Å². The Hall–Kier alpha value is -0.510. The van der Waals surface area contributed by atoms with Gasteiger partial charge in [-0.1, -0.05) is 30.3 Å². The van der Waals surface area contributed by atoms with Crippen molar-refractivity contribution in [1.82, 2.24) is 4.90 Å². The Bertz CT molecular complexity index is 304. The van der Waals surface area contributed by atoms with Gasteiger partial charge in [-0.25, -0.2) is 0 Å². The van der Waals surface area contributed by atoms with Gasteiger partial charge in [0.1, 0.15) is 0 Å². The van der Waals surface area contributed by atoms with Crippen molar-refractivity contribution < 1.29 is 5.11 Å². The van der Waals surface area contributed by atoms with Crippen LogP contribution in [0.5, 0.6) is 0 Å². The average Bonchev–Trinajstić information content (AvgIpc) is 2.36. The van der Waals surface area contributed by atoms with E-state index in [9.17, 15) is 5.11 Å². The molecule has 1 aromatic carbocycles. The Morgan fingerprint density at radius 2 is 1.94 bits per heavy atom. The number of hydrogen-bond acceptors (Lipinski definition) is 3. The number of aliphatic hydroxyl groups is 1. The standard InChI is InChI=1S/C14H23NOS/c1-12(9-10-17-3)15(2)11-14(16)13-7-5-4-6-8-13/h4-8,12,14,16H,9-11H2,1-3H3. The first-order chi connectivity index (χ1) is 8.15. The molecule has 1 N–H and O–H groups in total. The molecule has 17 heavy (non-hydrogen) atoms. The minimum atomic E-state index is -0.391. The lowest BCUT2D eigenvalue weighted by molar-refractivity contribution is 0.107. The molecule has 0 aliphatic heterocycles. The summed E-state index contributed by atoms with van der Waals surface area (Å²) in [6, 6.07) is 10.4. The normalized spacial score (nSPS) is 14.9. The van der Waals surface area contributed by atoms with Gasteiger partial charge in [-0.15, -0.1) is 0 Å². The third-order valence-electron chi connectivity index (χ3n) is 3.14. The summed E-state index contributed by atoms with van der Waals surface area (Å²) in [5.74, 6) is 1.17. The summed E-state index contributed by atoms with van der Waals surface area (Å²) in [5.41, 5.74) is 0.997. The van der Waals surface area contributed by atoms with Crippen LogP contribution in [0.15, 0.2) is 30.3 Å². The highest BCUT2D eigenvalue weighted by molar-refractivity contribution is 7.98. The zero-order chi connectivity index (χ0) is 12.7. The van der Waals surface area contributed by atoms with E-state index in [0.717, 1.165) is 5.56 Å². The van der Waals surface area contributed by atoms with Crippen molar-refractivity contribution in [2.24, 2.45) is 0 Å². The topological polar surface area (TPSA) is 23.5 Å². The Kier molecular flexibility index (Phi) is 6.63. The molecule has 0 radical (unpaired) electrons. The van der Waals surface area contributed by atoms with E-state index in [4.69, 9.17) is 0 Å². The van der Waals surface area contributed by atoms with E-state index in [-0.39, 0.29) is 0 Å². The molecule has 96 valence electrons. The number of benzene rings is 1. The molecule has 0 saturated carbocycles. The van der Waals surface area contributed by atoms with Gasteiger partial charge in [-0.3, -0.25) is 0 Å². The van der Waals surface area contributed by atoms with Crippen LogP contribution in [0, 0.1) is 0 Å². The van der Waals surface area contributed by atoms with E-state index in [2.05, 4.69) is 25.1 Å². The van der Waals surface area contributed by atoms with Gasteiger partial charge in [0.15, 0.2) is 0 Å². The molecule has 2 nitrogen and oxygen atoms in total. The molecule has 0 amide bonds. The van der Waals surface area contributed by atoms with Gasteiger partial charge in [-0.05, 0) is 38.0 Å². The van der Waals surface area contributed by atoms with Gasteiger partial charge >= 0.3 is 0 Å². The zero-order valence-electron chi connectivity index (χ0n) is 11.0. The summed E-state index contributed by atoms with van der Waals surface area (Å²) in [4.78, 5) is 2.23. The molecule has 0 spiro atoms. The Morgan fingerprint density at radius 3 is 2.53 bits per heavy atom. The third kappa shape index (κ3) is 5.11. The van der Waals surface area contributed by atoms with Gasteiger partial charge in [0, 0.05) is 12.6 Å². The molecular weight excluding hydrogens is 230 g/mol. The van der Waals surface area contributed by atoms with Crippen LogP contribution < -0.4 is 0 Å². The zero-order valence-corrected chi connectivity index (χ0v) is 11.8. The van der Waals surface area contributed by atoms with E-state index in [1.807, 2.05) is 42.1 Å². The summed E-state index contributed by atoms with van der Waals surface area (Å²) in [5, 5.41) is 10.1. The number of likely N-dealkylation sites (N-methyl/N-ethyl adjacent to an activating group) is 1.